The number of nitrogens with one attached hydrogen (secondary N) is 1. The number of rotatable bonds is 7. The molecule has 0 aliphatic rings. The number of amidine groups is 1. The van der Waals surface area contributed by atoms with E-state index in [-0.39, 0.29) is 0 Å². The topological polar surface area (TPSA) is 33.6 Å². The van der Waals surface area contributed by atoms with Gasteiger partial charge in [-0.2, -0.15) is 0 Å². The first kappa shape index (κ1) is 18.7. The second kappa shape index (κ2) is 10.3. The zero-order valence-corrected chi connectivity index (χ0v) is 15.7. The summed E-state index contributed by atoms with van der Waals surface area (Å²) in [7, 11) is 0. The highest BCUT2D eigenvalue weighted by Crippen LogP contribution is 2.19. The Morgan fingerprint density at radius 2 is 1.71 bits per heavy atom. The van der Waals surface area contributed by atoms with Gasteiger partial charge in [0.15, 0.2) is 5.17 Å². The molecule has 2 aromatic rings. The molecule has 24 heavy (non-hydrogen) atoms. The molecule has 128 valence electrons. The molecule has 0 atom stereocenters. The van der Waals surface area contributed by atoms with Crippen LogP contribution in [0, 0.1) is 0 Å². The van der Waals surface area contributed by atoms with Crippen molar-refractivity contribution >= 4 is 28.5 Å². The van der Waals surface area contributed by atoms with Gasteiger partial charge in [0.25, 0.3) is 0 Å². The molecule has 0 saturated heterocycles. The van der Waals surface area contributed by atoms with E-state index in [2.05, 4.69) is 29.4 Å². The van der Waals surface area contributed by atoms with Crippen LogP contribution in [-0.4, -0.2) is 18.3 Å². The van der Waals surface area contributed by atoms with Gasteiger partial charge in [0.05, 0.1) is 0 Å². The van der Waals surface area contributed by atoms with Crippen LogP contribution in [0.25, 0.3) is 0 Å². The molecule has 2 aromatic carbocycles. The Balaban J connectivity index is 1.83. The number of ether oxygens (including phenoxy) is 1. The number of benzene rings is 2. The molecule has 0 radical (unpaired) electrons. The highest BCUT2D eigenvalue weighted by atomic mass is 35.5. The van der Waals surface area contributed by atoms with E-state index in [0.29, 0.717) is 6.61 Å². The normalized spacial score (nSPS) is 11.4. The van der Waals surface area contributed by atoms with Crippen LogP contribution in [0.2, 0.25) is 5.02 Å². The molecule has 0 aliphatic carbocycles. The maximum Gasteiger partial charge on any atom is 0.156 e. The fourth-order valence-electron chi connectivity index (χ4n) is 2.03. The summed E-state index contributed by atoms with van der Waals surface area (Å²) < 4.78 is 5.80. The third kappa shape index (κ3) is 6.46. The Labute approximate surface area is 153 Å². The van der Waals surface area contributed by atoms with Crippen LogP contribution in [-0.2, 0) is 12.4 Å². The number of thioether (sulfide) groups is 1. The molecule has 0 bridgehead atoms. The standard InChI is InChI=1S/C19H23ClN2OS/c1-3-21-19(22-4-2)24-14-16-7-11-18(12-8-16)23-13-15-5-9-17(20)10-6-15/h5-12H,3-4,13-14H2,1-2H3,(H,21,22). The summed E-state index contributed by atoms with van der Waals surface area (Å²) in [5, 5.41) is 5.03. The Bertz CT molecular complexity index is 641. The minimum Gasteiger partial charge on any atom is -0.489 e. The van der Waals surface area contributed by atoms with E-state index in [4.69, 9.17) is 16.3 Å². The van der Waals surface area contributed by atoms with Crippen LogP contribution < -0.4 is 10.1 Å². The fraction of sp³-hybridized carbons (Fsp3) is 0.316. The smallest absolute Gasteiger partial charge is 0.156 e. The fourth-order valence-corrected chi connectivity index (χ4v) is 3.12. The predicted octanol–water partition coefficient (Wildman–Crippen LogP) is 5.14. The van der Waals surface area contributed by atoms with Gasteiger partial charge < -0.3 is 10.1 Å². The lowest BCUT2D eigenvalue weighted by Crippen LogP contribution is -2.20. The Kier molecular flexibility index (Phi) is 7.99. The summed E-state index contributed by atoms with van der Waals surface area (Å²) in [6.07, 6.45) is 0. The van der Waals surface area contributed by atoms with Gasteiger partial charge in [0.2, 0.25) is 0 Å². The van der Waals surface area contributed by atoms with Gasteiger partial charge in [-0.05, 0) is 49.2 Å². The molecule has 0 fully saturated rings. The number of hydrogen-bond donors (Lipinski definition) is 1. The van der Waals surface area contributed by atoms with Crippen molar-refractivity contribution < 1.29 is 4.74 Å². The second-order valence-corrected chi connectivity index (χ2v) is 6.56. The van der Waals surface area contributed by atoms with E-state index in [9.17, 15) is 0 Å². The van der Waals surface area contributed by atoms with Crippen molar-refractivity contribution in [2.75, 3.05) is 13.1 Å². The van der Waals surface area contributed by atoms with E-state index in [0.717, 1.165) is 40.3 Å². The van der Waals surface area contributed by atoms with Crippen LogP contribution in [0.1, 0.15) is 25.0 Å². The first-order chi connectivity index (χ1) is 11.7. The maximum atomic E-state index is 5.88. The van der Waals surface area contributed by atoms with Gasteiger partial charge in [-0.25, -0.2) is 0 Å². The summed E-state index contributed by atoms with van der Waals surface area (Å²) >= 11 is 7.61. The van der Waals surface area contributed by atoms with Crippen molar-refractivity contribution in [1.82, 2.24) is 5.32 Å². The van der Waals surface area contributed by atoms with Crippen LogP contribution >= 0.6 is 23.4 Å². The zero-order valence-electron chi connectivity index (χ0n) is 14.1. The minimum absolute atomic E-state index is 0.541. The monoisotopic (exact) mass is 362 g/mol. The summed E-state index contributed by atoms with van der Waals surface area (Å²) in [5.41, 5.74) is 2.35. The molecule has 0 spiro atoms. The average molecular weight is 363 g/mol. The molecule has 0 aliphatic heterocycles. The minimum atomic E-state index is 0.541. The van der Waals surface area contributed by atoms with Crippen LogP contribution in [0.4, 0.5) is 0 Å². The number of hydrogen-bond acceptors (Lipinski definition) is 3. The highest BCUT2D eigenvalue weighted by Gasteiger charge is 2.01. The summed E-state index contributed by atoms with van der Waals surface area (Å²) in [4.78, 5) is 4.45. The van der Waals surface area contributed by atoms with Gasteiger partial charge in [-0.1, -0.05) is 47.6 Å². The summed E-state index contributed by atoms with van der Waals surface area (Å²) in [6, 6.07) is 15.9. The predicted molar refractivity (Wildman–Crippen MR) is 105 cm³/mol. The summed E-state index contributed by atoms with van der Waals surface area (Å²) in [6.45, 7) is 6.36. The molecule has 0 aromatic heterocycles. The molecular formula is C19H23ClN2OS. The van der Waals surface area contributed by atoms with Crippen molar-refractivity contribution in [3.8, 4) is 5.75 Å². The van der Waals surface area contributed by atoms with Gasteiger partial charge in [0, 0.05) is 23.9 Å². The van der Waals surface area contributed by atoms with Crippen molar-refractivity contribution in [3.63, 3.8) is 0 Å². The summed E-state index contributed by atoms with van der Waals surface area (Å²) in [5.74, 6) is 1.76. The average Bonchev–Trinajstić information content (AvgIpc) is 2.60. The lowest BCUT2D eigenvalue weighted by atomic mass is 10.2. The third-order valence-electron chi connectivity index (χ3n) is 3.25. The molecule has 1 N–H and O–H groups in total. The van der Waals surface area contributed by atoms with Crippen molar-refractivity contribution in [2.24, 2.45) is 4.99 Å². The quantitative estimate of drug-likeness (QED) is 0.547. The SMILES string of the molecule is CCN=C(NCC)SCc1ccc(OCc2ccc(Cl)cc2)cc1. The van der Waals surface area contributed by atoms with Crippen LogP contribution in [0.5, 0.6) is 5.75 Å². The first-order valence-electron chi connectivity index (χ1n) is 8.08. The lowest BCUT2D eigenvalue weighted by Gasteiger charge is -2.09. The van der Waals surface area contributed by atoms with E-state index < -0.39 is 0 Å². The molecule has 5 heteroatoms. The van der Waals surface area contributed by atoms with E-state index in [1.807, 2.05) is 43.3 Å². The van der Waals surface area contributed by atoms with Crippen molar-refractivity contribution in [2.45, 2.75) is 26.2 Å². The molecule has 2 rings (SSSR count). The number of nitrogens with zero attached hydrogens (tertiary/aromatic N) is 1. The van der Waals surface area contributed by atoms with E-state index >= 15 is 0 Å². The van der Waals surface area contributed by atoms with E-state index in [1.54, 1.807) is 11.8 Å². The number of halogens is 1. The van der Waals surface area contributed by atoms with Gasteiger partial charge in [0.1, 0.15) is 12.4 Å². The molecule has 0 unspecified atom stereocenters. The lowest BCUT2D eigenvalue weighted by molar-refractivity contribution is 0.306. The highest BCUT2D eigenvalue weighted by molar-refractivity contribution is 8.13. The maximum absolute atomic E-state index is 5.88. The molecule has 0 amide bonds. The first-order valence-corrected chi connectivity index (χ1v) is 9.45. The molecular weight excluding hydrogens is 340 g/mol. The molecule has 3 nitrogen and oxygen atoms in total. The second-order valence-electron chi connectivity index (χ2n) is 5.16. The Hall–Kier alpha value is -1.65. The van der Waals surface area contributed by atoms with Crippen molar-refractivity contribution in [1.29, 1.82) is 0 Å². The van der Waals surface area contributed by atoms with Gasteiger partial charge in [-0.15, -0.1) is 0 Å². The van der Waals surface area contributed by atoms with Gasteiger partial charge >= 0.3 is 0 Å². The Morgan fingerprint density at radius 3 is 2.33 bits per heavy atom. The Morgan fingerprint density at radius 1 is 1.04 bits per heavy atom. The largest absolute Gasteiger partial charge is 0.489 e. The zero-order chi connectivity index (χ0) is 17.2. The van der Waals surface area contributed by atoms with Crippen LogP contribution in [0.15, 0.2) is 53.5 Å². The van der Waals surface area contributed by atoms with Crippen LogP contribution in [0.3, 0.4) is 0 Å². The third-order valence-corrected chi connectivity index (χ3v) is 4.52. The molecule has 0 heterocycles. The van der Waals surface area contributed by atoms with Crippen molar-refractivity contribution in [3.05, 3.63) is 64.7 Å². The molecule has 0 saturated carbocycles. The van der Waals surface area contributed by atoms with E-state index in [1.165, 1.54) is 5.56 Å². The van der Waals surface area contributed by atoms with Gasteiger partial charge in [-0.3, -0.25) is 4.99 Å². The number of aliphatic imine (C=N–C) groups is 1.